The van der Waals surface area contributed by atoms with Crippen LogP contribution in [0.1, 0.15) is 51.7 Å². The topological polar surface area (TPSA) is 88.2 Å². The Morgan fingerprint density at radius 1 is 1.13 bits per heavy atom. The summed E-state index contributed by atoms with van der Waals surface area (Å²) in [5.41, 5.74) is 9.31. The fraction of sp³-hybridized carbons (Fsp3) is 0.360. The van der Waals surface area contributed by atoms with Gasteiger partial charge in [-0.15, -0.1) is 0 Å². The minimum atomic E-state index is 0.148. The summed E-state index contributed by atoms with van der Waals surface area (Å²) in [5.74, 6) is 0.401. The zero-order chi connectivity index (χ0) is 22.9. The number of hydrogen-bond acceptors (Lipinski definition) is 4. The summed E-state index contributed by atoms with van der Waals surface area (Å²) >= 11 is 0. The highest BCUT2D eigenvalue weighted by molar-refractivity contribution is 6.09. The molecule has 0 atom stereocenters. The molecule has 1 amide bonds. The summed E-state index contributed by atoms with van der Waals surface area (Å²) in [6.07, 6.45) is 3.55. The predicted molar refractivity (Wildman–Crippen MR) is 129 cm³/mol. The molecule has 2 aromatic carbocycles. The molecule has 0 unspecified atom stereocenters. The molecule has 164 valence electrons. The van der Waals surface area contributed by atoms with Crippen LogP contribution in [0.25, 0.3) is 0 Å². The van der Waals surface area contributed by atoms with E-state index in [2.05, 4.69) is 11.9 Å². The van der Waals surface area contributed by atoms with E-state index in [0.717, 1.165) is 29.7 Å². The van der Waals surface area contributed by atoms with E-state index in [0.29, 0.717) is 18.0 Å². The van der Waals surface area contributed by atoms with Crippen LogP contribution in [-0.4, -0.2) is 18.7 Å². The lowest BCUT2D eigenvalue weighted by Crippen LogP contribution is -2.13. The Morgan fingerprint density at radius 2 is 1.70 bits per heavy atom. The maximum atomic E-state index is 11.4. The average molecular weight is 412 g/mol. The van der Waals surface area contributed by atoms with E-state index in [-0.39, 0.29) is 11.8 Å². The highest BCUT2D eigenvalue weighted by atomic mass is 16.5. The lowest BCUT2D eigenvalue weighted by Gasteiger charge is -2.05. The molecule has 1 aliphatic rings. The minimum absolute atomic E-state index is 0.148. The van der Waals surface area contributed by atoms with Crippen molar-refractivity contribution in [2.45, 2.75) is 47.1 Å². The van der Waals surface area contributed by atoms with Crippen LogP contribution in [0.15, 0.2) is 61.2 Å². The van der Waals surface area contributed by atoms with E-state index in [9.17, 15) is 4.79 Å². The monoisotopic (exact) mass is 411 g/mol. The first-order valence-electron chi connectivity index (χ1n) is 10.5. The van der Waals surface area contributed by atoms with Crippen molar-refractivity contribution in [1.29, 1.82) is 5.41 Å². The van der Waals surface area contributed by atoms with E-state index in [4.69, 9.17) is 15.9 Å². The third-order valence-corrected chi connectivity index (χ3v) is 3.94. The molecule has 1 aliphatic carbocycles. The fourth-order valence-electron chi connectivity index (χ4n) is 2.29. The molecule has 4 N–H and O–H groups in total. The smallest absolute Gasteiger partial charge is 0.227 e. The van der Waals surface area contributed by atoms with Gasteiger partial charge in [-0.05, 0) is 42.7 Å². The van der Waals surface area contributed by atoms with Crippen LogP contribution in [0, 0.1) is 11.3 Å². The third-order valence-electron chi connectivity index (χ3n) is 3.94. The van der Waals surface area contributed by atoms with Crippen molar-refractivity contribution in [3.05, 3.63) is 72.3 Å². The number of nitrogens with two attached hydrogens (primary N) is 1. The molecule has 0 aromatic heterocycles. The first kappa shape index (κ1) is 27.1. The molecule has 0 spiro atoms. The Balaban J connectivity index is 0.000000498. The first-order chi connectivity index (χ1) is 14.5. The van der Waals surface area contributed by atoms with Crippen LogP contribution < -0.4 is 11.1 Å². The standard InChI is InChI=1S/C12H15NO2.C9H10N2.2C2H6/c1-15-8-9-2-6-11(7-3-9)13-12(14)10-4-5-10;1-2-8(10)7-5-3-4-6-9(7)11;2*1-2/h2-3,6-7,10H,4-5,8H2,1H3,(H,13,14);2-6,10H,1,11H2;2*1-2H3. The summed E-state index contributed by atoms with van der Waals surface area (Å²) in [6, 6.07) is 15.0. The number of benzene rings is 2. The molecule has 5 heteroatoms. The highest BCUT2D eigenvalue weighted by Gasteiger charge is 2.29. The Labute approximate surface area is 181 Å². The second-order valence-corrected chi connectivity index (χ2v) is 6.10. The molecular formula is C25H37N3O2. The highest BCUT2D eigenvalue weighted by Crippen LogP contribution is 2.30. The number of hydrogen-bond donors (Lipinski definition) is 3. The lowest BCUT2D eigenvalue weighted by atomic mass is 10.1. The number of nitrogens with one attached hydrogen (secondary N) is 2. The van der Waals surface area contributed by atoms with Gasteiger partial charge >= 0.3 is 0 Å². The summed E-state index contributed by atoms with van der Waals surface area (Å²) < 4.78 is 5.01. The van der Waals surface area contributed by atoms with Gasteiger partial charge in [0.05, 0.1) is 12.3 Å². The molecule has 1 saturated carbocycles. The van der Waals surface area contributed by atoms with Crippen molar-refractivity contribution in [1.82, 2.24) is 0 Å². The van der Waals surface area contributed by atoms with Crippen molar-refractivity contribution in [3.8, 4) is 0 Å². The zero-order valence-electron chi connectivity index (χ0n) is 19.0. The van der Waals surface area contributed by atoms with E-state index in [1.807, 2.05) is 64.1 Å². The van der Waals surface area contributed by atoms with Crippen LogP contribution in [0.5, 0.6) is 0 Å². The van der Waals surface area contributed by atoms with Gasteiger partial charge < -0.3 is 21.2 Å². The maximum absolute atomic E-state index is 11.4. The van der Waals surface area contributed by atoms with Gasteiger partial charge in [-0.2, -0.15) is 0 Å². The van der Waals surface area contributed by atoms with Crippen molar-refractivity contribution >= 4 is 23.0 Å². The second-order valence-electron chi connectivity index (χ2n) is 6.10. The Kier molecular flexibility index (Phi) is 14.4. The maximum Gasteiger partial charge on any atom is 0.227 e. The number of rotatable bonds is 6. The number of ether oxygens (including phenoxy) is 1. The zero-order valence-corrected chi connectivity index (χ0v) is 19.0. The molecule has 3 rings (SSSR count). The number of allylic oxidation sites excluding steroid dienone is 1. The van der Waals surface area contributed by atoms with Crippen molar-refractivity contribution in [2.24, 2.45) is 5.92 Å². The number of para-hydroxylation sites is 1. The third kappa shape index (κ3) is 10.0. The normalized spacial score (nSPS) is 11.2. The number of amides is 1. The molecule has 0 aliphatic heterocycles. The first-order valence-corrected chi connectivity index (χ1v) is 10.5. The van der Waals surface area contributed by atoms with E-state index < -0.39 is 0 Å². The molecule has 5 nitrogen and oxygen atoms in total. The van der Waals surface area contributed by atoms with Gasteiger partial charge in [0.2, 0.25) is 5.91 Å². The molecule has 0 heterocycles. The summed E-state index contributed by atoms with van der Waals surface area (Å²) in [6.45, 7) is 12.1. The van der Waals surface area contributed by atoms with Crippen LogP contribution in [0.2, 0.25) is 0 Å². The molecular weight excluding hydrogens is 374 g/mol. The lowest BCUT2D eigenvalue weighted by molar-refractivity contribution is -0.117. The van der Waals surface area contributed by atoms with Gasteiger partial charge in [-0.1, -0.05) is 64.6 Å². The molecule has 1 fully saturated rings. The van der Waals surface area contributed by atoms with Crippen molar-refractivity contribution in [2.75, 3.05) is 18.2 Å². The quantitative estimate of drug-likeness (QED) is 0.399. The Morgan fingerprint density at radius 3 is 2.17 bits per heavy atom. The van der Waals surface area contributed by atoms with E-state index >= 15 is 0 Å². The van der Waals surface area contributed by atoms with Gasteiger partial charge in [0, 0.05) is 30.0 Å². The van der Waals surface area contributed by atoms with Gasteiger partial charge in [-0.3, -0.25) is 4.79 Å². The summed E-state index contributed by atoms with van der Waals surface area (Å²) in [5, 5.41) is 10.3. The van der Waals surface area contributed by atoms with Crippen LogP contribution in [0.3, 0.4) is 0 Å². The Hall–Kier alpha value is -2.92. The van der Waals surface area contributed by atoms with E-state index in [1.54, 1.807) is 19.2 Å². The molecule has 0 saturated heterocycles. The number of methoxy groups -OCH3 is 1. The molecule has 2 aromatic rings. The largest absolute Gasteiger partial charge is 0.398 e. The minimum Gasteiger partial charge on any atom is -0.398 e. The molecule has 0 radical (unpaired) electrons. The van der Waals surface area contributed by atoms with Gasteiger partial charge in [0.1, 0.15) is 0 Å². The fourth-order valence-corrected chi connectivity index (χ4v) is 2.29. The second kappa shape index (κ2) is 15.9. The average Bonchev–Trinajstić information content (AvgIpc) is 3.64. The van der Waals surface area contributed by atoms with Gasteiger partial charge in [-0.25, -0.2) is 0 Å². The Bertz CT molecular complexity index is 766. The van der Waals surface area contributed by atoms with Crippen LogP contribution >= 0.6 is 0 Å². The summed E-state index contributed by atoms with van der Waals surface area (Å²) in [4.78, 5) is 11.4. The van der Waals surface area contributed by atoms with Crippen molar-refractivity contribution < 1.29 is 9.53 Å². The van der Waals surface area contributed by atoms with Crippen LogP contribution in [-0.2, 0) is 16.1 Å². The van der Waals surface area contributed by atoms with E-state index in [1.165, 1.54) is 6.08 Å². The van der Waals surface area contributed by atoms with Gasteiger partial charge in [0.15, 0.2) is 0 Å². The van der Waals surface area contributed by atoms with Crippen molar-refractivity contribution in [3.63, 3.8) is 0 Å². The van der Waals surface area contributed by atoms with Gasteiger partial charge in [0.25, 0.3) is 0 Å². The molecule has 0 bridgehead atoms. The number of nitrogen functional groups attached to an aromatic ring is 1. The SMILES string of the molecule is C=CC(=N)c1ccccc1N.CC.CC.COCc1ccc(NC(=O)C2CC2)cc1. The summed E-state index contributed by atoms with van der Waals surface area (Å²) in [7, 11) is 1.67. The number of anilines is 2. The number of carbonyl (C=O) groups is 1. The number of carbonyl (C=O) groups excluding carboxylic acids is 1. The predicted octanol–water partition coefficient (Wildman–Crippen LogP) is 6.06. The molecule has 30 heavy (non-hydrogen) atoms. The van der Waals surface area contributed by atoms with Crippen LogP contribution in [0.4, 0.5) is 11.4 Å².